The second kappa shape index (κ2) is 6.00. The Kier molecular flexibility index (Phi) is 3.55. The number of nitrogens with zero attached hydrogens (tertiary/aromatic N) is 2. The van der Waals surface area contributed by atoms with Gasteiger partial charge in [-0.3, -0.25) is 5.10 Å². The molecule has 0 bridgehead atoms. The van der Waals surface area contributed by atoms with Gasteiger partial charge in [0.1, 0.15) is 17.4 Å². The zero-order valence-corrected chi connectivity index (χ0v) is 12.5. The first-order chi connectivity index (χ1) is 11.8. The smallest absolute Gasteiger partial charge is 0.229 e. The number of aromatic amines is 1. The lowest BCUT2D eigenvalue weighted by Gasteiger charge is -2.11. The van der Waals surface area contributed by atoms with Gasteiger partial charge in [0.05, 0.1) is 0 Å². The minimum atomic E-state index is -0.311. The topological polar surface area (TPSA) is 62.8 Å². The molecular formula is C18H13FN4O. The molecule has 0 amide bonds. The molecule has 5 nitrogen and oxygen atoms in total. The van der Waals surface area contributed by atoms with Crippen LogP contribution in [0.4, 0.5) is 16.0 Å². The summed E-state index contributed by atoms with van der Waals surface area (Å²) in [5, 5.41) is 11.8. The lowest BCUT2D eigenvalue weighted by atomic mass is 10.1. The summed E-state index contributed by atoms with van der Waals surface area (Å²) in [6, 6.07) is 17.3. The first-order valence-corrected chi connectivity index (χ1v) is 7.38. The number of rotatable bonds is 4. The third-order valence-corrected chi connectivity index (χ3v) is 3.49. The van der Waals surface area contributed by atoms with E-state index in [-0.39, 0.29) is 5.82 Å². The van der Waals surface area contributed by atoms with Gasteiger partial charge in [-0.1, -0.05) is 18.2 Å². The Morgan fingerprint density at radius 2 is 1.79 bits per heavy atom. The van der Waals surface area contributed by atoms with Crippen molar-refractivity contribution >= 4 is 22.4 Å². The van der Waals surface area contributed by atoms with Gasteiger partial charge in [0, 0.05) is 17.6 Å². The van der Waals surface area contributed by atoms with E-state index in [1.807, 2.05) is 30.3 Å². The monoisotopic (exact) mass is 320 g/mol. The molecule has 0 aliphatic rings. The maximum atomic E-state index is 13.1. The Morgan fingerprint density at radius 3 is 2.58 bits per heavy atom. The van der Waals surface area contributed by atoms with Crippen LogP contribution in [0.15, 0.2) is 66.9 Å². The molecule has 24 heavy (non-hydrogen) atoms. The molecule has 0 fully saturated rings. The summed E-state index contributed by atoms with van der Waals surface area (Å²) < 4.78 is 18.9. The maximum absolute atomic E-state index is 13.1. The van der Waals surface area contributed by atoms with Gasteiger partial charge in [-0.05, 0) is 41.8 Å². The van der Waals surface area contributed by atoms with E-state index in [1.54, 1.807) is 24.4 Å². The highest BCUT2D eigenvalue weighted by atomic mass is 19.1. The highest BCUT2D eigenvalue weighted by Gasteiger charge is 2.09. The van der Waals surface area contributed by atoms with Crippen molar-refractivity contribution in [3.63, 3.8) is 0 Å². The molecule has 4 rings (SSSR count). The standard InChI is InChI=1S/C18H13FN4O/c19-13-5-7-14(8-6-13)24-18-15-4-2-1-3-12(15)11-17(22-18)21-16-9-10-20-23-16/h1-11H,(H2,20,21,22,23). The number of hydrogen-bond acceptors (Lipinski definition) is 4. The Balaban J connectivity index is 1.75. The number of halogens is 1. The molecule has 2 heterocycles. The van der Waals surface area contributed by atoms with E-state index in [2.05, 4.69) is 20.5 Å². The molecule has 0 saturated carbocycles. The number of fused-ring (bicyclic) bond motifs is 1. The SMILES string of the molecule is Fc1ccc(Oc2nc(Nc3cc[nH]n3)cc3ccccc23)cc1. The fourth-order valence-corrected chi connectivity index (χ4v) is 2.38. The summed E-state index contributed by atoms with van der Waals surface area (Å²) in [6.07, 6.45) is 1.72. The lowest BCUT2D eigenvalue weighted by molar-refractivity contribution is 0.468. The van der Waals surface area contributed by atoms with E-state index >= 15 is 0 Å². The van der Waals surface area contributed by atoms with Crippen LogP contribution in [0.2, 0.25) is 0 Å². The highest BCUT2D eigenvalue weighted by Crippen LogP contribution is 2.31. The number of aromatic nitrogens is 3. The molecule has 2 aromatic heterocycles. The van der Waals surface area contributed by atoms with Crippen molar-refractivity contribution in [1.29, 1.82) is 0 Å². The molecule has 6 heteroatoms. The van der Waals surface area contributed by atoms with E-state index in [9.17, 15) is 4.39 Å². The molecule has 0 aliphatic heterocycles. The van der Waals surface area contributed by atoms with Crippen LogP contribution in [0.3, 0.4) is 0 Å². The van der Waals surface area contributed by atoms with Gasteiger partial charge in [-0.15, -0.1) is 0 Å². The number of benzene rings is 2. The van der Waals surface area contributed by atoms with Crippen LogP contribution >= 0.6 is 0 Å². The van der Waals surface area contributed by atoms with E-state index in [4.69, 9.17) is 4.74 Å². The predicted molar refractivity (Wildman–Crippen MR) is 90.1 cm³/mol. The number of nitrogens with one attached hydrogen (secondary N) is 2. The second-order valence-electron chi connectivity index (χ2n) is 5.17. The molecule has 118 valence electrons. The fraction of sp³-hybridized carbons (Fsp3) is 0. The predicted octanol–water partition coefficient (Wildman–Crippen LogP) is 4.63. The average molecular weight is 320 g/mol. The van der Waals surface area contributed by atoms with Crippen LogP contribution in [0.5, 0.6) is 11.6 Å². The first kappa shape index (κ1) is 14.2. The summed E-state index contributed by atoms with van der Waals surface area (Å²) in [4.78, 5) is 4.51. The first-order valence-electron chi connectivity index (χ1n) is 7.38. The van der Waals surface area contributed by atoms with E-state index in [1.165, 1.54) is 12.1 Å². The molecule has 2 aromatic carbocycles. The van der Waals surface area contributed by atoms with Crippen molar-refractivity contribution in [3.8, 4) is 11.6 Å². The molecule has 2 N–H and O–H groups in total. The molecular weight excluding hydrogens is 307 g/mol. The van der Waals surface area contributed by atoms with E-state index < -0.39 is 0 Å². The van der Waals surface area contributed by atoms with Gasteiger partial charge in [0.25, 0.3) is 0 Å². The number of ether oxygens (including phenoxy) is 1. The molecule has 0 unspecified atom stereocenters. The van der Waals surface area contributed by atoms with Crippen molar-refractivity contribution in [2.75, 3.05) is 5.32 Å². The van der Waals surface area contributed by atoms with Crippen molar-refractivity contribution < 1.29 is 9.13 Å². The van der Waals surface area contributed by atoms with Crippen LogP contribution in [0.1, 0.15) is 0 Å². The van der Waals surface area contributed by atoms with Crippen molar-refractivity contribution in [2.24, 2.45) is 0 Å². The summed E-state index contributed by atoms with van der Waals surface area (Å²) in [5.74, 6) is 1.92. The minimum Gasteiger partial charge on any atom is -0.438 e. The summed E-state index contributed by atoms with van der Waals surface area (Å²) in [6.45, 7) is 0. The number of anilines is 2. The van der Waals surface area contributed by atoms with Gasteiger partial charge in [0.2, 0.25) is 5.88 Å². The van der Waals surface area contributed by atoms with E-state index in [0.717, 1.165) is 10.8 Å². The van der Waals surface area contributed by atoms with Crippen LogP contribution in [0, 0.1) is 5.82 Å². The molecule has 0 radical (unpaired) electrons. The number of H-pyrrole nitrogens is 1. The Hall–Kier alpha value is -3.41. The van der Waals surface area contributed by atoms with Crippen molar-refractivity contribution in [2.45, 2.75) is 0 Å². The van der Waals surface area contributed by atoms with Crippen molar-refractivity contribution in [1.82, 2.24) is 15.2 Å². The van der Waals surface area contributed by atoms with Gasteiger partial charge in [0.15, 0.2) is 5.82 Å². The van der Waals surface area contributed by atoms with Crippen molar-refractivity contribution in [3.05, 3.63) is 72.7 Å². The average Bonchev–Trinajstić information content (AvgIpc) is 3.10. The van der Waals surface area contributed by atoms with Gasteiger partial charge < -0.3 is 10.1 Å². The maximum Gasteiger partial charge on any atom is 0.229 e. The number of pyridine rings is 1. The van der Waals surface area contributed by atoms with Crippen LogP contribution < -0.4 is 10.1 Å². The summed E-state index contributed by atoms with van der Waals surface area (Å²) >= 11 is 0. The Labute approximate surface area is 137 Å². The van der Waals surface area contributed by atoms with Crippen LogP contribution in [-0.2, 0) is 0 Å². The zero-order chi connectivity index (χ0) is 16.4. The normalized spacial score (nSPS) is 10.7. The zero-order valence-electron chi connectivity index (χ0n) is 12.5. The molecule has 0 atom stereocenters. The Morgan fingerprint density at radius 1 is 0.958 bits per heavy atom. The molecule has 0 spiro atoms. The highest BCUT2D eigenvalue weighted by molar-refractivity contribution is 5.89. The van der Waals surface area contributed by atoms with E-state index in [0.29, 0.717) is 23.3 Å². The molecule has 0 aliphatic carbocycles. The quantitative estimate of drug-likeness (QED) is 0.575. The second-order valence-corrected chi connectivity index (χ2v) is 5.17. The molecule has 0 saturated heterocycles. The summed E-state index contributed by atoms with van der Waals surface area (Å²) in [7, 11) is 0. The summed E-state index contributed by atoms with van der Waals surface area (Å²) in [5.41, 5.74) is 0. The number of hydrogen-bond donors (Lipinski definition) is 2. The van der Waals surface area contributed by atoms with Gasteiger partial charge in [-0.25, -0.2) is 4.39 Å². The fourth-order valence-electron chi connectivity index (χ4n) is 2.38. The Bertz CT molecular complexity index is 968. The van der Waals surface area contributed by atoms with Crippen LogP contribution in [0.25, 0.3) is 10.8 Å². The minimum absolute atomic E-state index is 0.311. The van der Waals surface area contributed by atoms with Gasteiger partial charge >= 0.3 is 0 Å². The lowest BCUT2D eigenvalue weighted by Crippen LogP contribution is -1.97. The molecule has 4 aromatic rings. The van der Waals surface area contributed by atoms with Crippen LogP contribution in [-0.4, -0.2) is 15.2 Å². The largest absolute Gasteiger partial charge is 0.438 e. The van der Waals surface area contributed by atoms with Gasteiger partial charge in [-0.2, -0.15) is 10.1 Å². The third-order valence-electron chi connectivity index (χ3n) is 3.49. The third kappa shape index (κ3) is 2.89.